The molecule has 0 amide bonds. The van der Waals surface area contributed by atoms with Crippen molar-refractivity contribution in [3.05, 3.63) is 28.7 Å². The van der Waals surface area contributed by atoms with Crippen molar-refractivity contribution in [1.29, 1.82) is 0 Å². The highest BCUT2D eigenvalue weighted by Gasteiger charge is 2.16. The maximum absolute atomic E-state index is 12.0. The summed E-state index contributed by atoms with van der Waals surface area (Å²) < 4.78 is 32.6. The SMILES string of the molecule is CC(N)CNS(=O)(=O)c1ccc2c(c1)oc(=O)n2C. The Hall–Kier alpha value is -1.64. The van der Waals surface area contributed by atoms with Gasteiger partial charge in [-0.15, -0.1) is 0 Å². The highest BCUT2D eigenvalue weighted by atomic mass is 32.2. The van der Waals surface area contributed by atoms with E-state index in [9.17, 15) is 13.2 Å². The molecule has 1 aromatic carbocycles. The van der Waals surface area contributed by atoms with Gasteiger partial charge in [-0.25, -0.2) is 17.9 Å². The molecule has 1 heterocycles. The Morgan fingerprint density at radius 1 is 1.47 bits per heavy atom. The Labute approximate surface area is 110 Å². The third-order valence-electron chi connectivity index (χ3n) is 2.67. The minimum atomic E-state index is -3.65. The Balaban J connectivity index is 2.43. The standard InChI is InChI=1S/C11H15N3O4S/c1-7(12)6-13-19(16,17)8-3-4-9-10(5-8)18-11(15)14(9)2/h3-5,7,13H,6,12H2,1-2H3. The second-order valence-electron chi connectivity index (χ2n) is 4.39. The average Bonchev–Trinajstić information content (AvgIpc) is 2.62. The van der Waals surface area contributed by atoms with Crippen LogP contribution in [0, 0.1) is 0 Å². The molecule has 1 atom stereocenters. The quantitative estimate of drug-likeness (QED) is 0.806. The van der Waals surface area contributed by atoms with E-state index in [4.69, 9.17) is 10.2 Å². The first-order chi connectivity index (χ1) is 8.81. The fourth-order valence-corrected chi connectivity index (χ4v) is 2.76. The topological polar surface area (TPSA) is 107 Å². The van der Waals surface area contributed by atoms with Gasteiger partial charge in [-0.1, -0.05) is 0 Å². The summed E-state index contributed by atoms with van der Waals surface area (Å²) >= 11 is 0. The molecule has 2 aromatic rings. The van der Waals surface area contributed by atoms with Crippen LogP contribution in [0.15, 0.2) is 32.3 Å². The number of nitrogens with two attached hydrogens (primary N) is 1. The number of aryl methyl sites for hydroxylation is 1. The fourth-order valence-electron chi connectivity index (χ4n) is 1.61. The summed E-state index contributed by atoms with van der Waals surface area (Å²) in [5.41, 5.74) is 6.27. The lowest BCUT2D eigenvalue weighted by Crippen LogP contribution is -2.35. The Bertz CT molecular complexity index is 758. The van der Waals surface area contributed by atoms with Gasteiger partial charge < -0.3 is 10.2 Å². The summed E-state index contributed by atoms with van der Waals surface area (Å²) in [6.07, 6.45) is 0. The van der Waals surface area contributed by atoms with Crippen molar-refractivity contribution in [2.45, 2.75) is 17.9 Å². The van der Waals surface area contributed by atoms with Gasteiger partial charge in [0.05, 0.1) is 10.4 Å². The normalized spacial score (nSPS) is 13.8. The molecule has 0 aliphatic carbocycles. The average molecular weight is 285 g/mol. The summed E-state index contributed by atoms with van der Waals surface area (Å²) in [5, 5.41) is 0. The zero-order valence-corrected chi connectivity index (χ0v) is 11.4. The van der Waals surface area contributed by atoms with E-state index in [1.165, 1.54) is 22.8 Å². The molecule has 0 fully saturated rings. The van der Waals surface area contributed by atoms with Crippen LogP contribution in [0.1, 0.15) is 6.92 Å². The highest BCUT2D eigenvalue weighted by molar-refractivity contribution is 7.89. The zero-order chi connectivity index (χ0) is 14.2. The molecule has 19 heavy (non-hydrogen) atoms. The predicted molar refractivity (Wildman–Crippen MR) is 70.3 cm³/mol. The molecule has 8 heteroatoms. The fraction of sp³-hybridized carbons (Fsp3) is 0.364. The van der Waals surface area contributed by atoms with Crippen LogP contribution in [-0.2, 0) is 17.1 Å². The van der Waals surface area contributed by atoms with Gasteiger partial charge in [0.15, 0.2) is 5.58 Å². The van der Waals surface area contributed by atoms with Gasteiger partial charge in [-0.2, -0.15) is 0 Å². The summed E-state index contributed by atoms with van der Waals surface area (Å²) in [7, 11) is -2.10. The van der Waals surface area contributed by atoms with Crippen molar-refractivity contribution in [2.75, 3.05) is 6.54 Å². The summed E-state index contributed by atoms with van der Waals surface area (Å²) in [5.74, 6) is -0.534. The van der Waals surface area contributed by atoms with E-state index in [2.05, 4.69) is 4.72 Å². The molecule has 0 bridgehead atoms. The third-order valence-corrected chi connectivity index (χ3v) is 4.09. The molecule has 0 saturated carbocycles. The van der Waals surface area contributed by atoms with Crippen molar-refractivity contribution in [3.8, 4) is 0 Å². The number of fused-ring (bicyclic) bond motifs is 1. The van der Waals surface area contributed by atoms with Crippen LogP contribution >= 0.6 is 0 Å². The number of nitrogens with zero attached hydrogens (tertiary/aromatic N) is 1. The van der Waals surface area contributed by atoms with E-state index in [-0.39, 0.29) is 23.1 Å². The van der Waals surface area contributed by atoms with Gasteiger partial charge in [0.2, 0.25) is 10.0 Å². The van der Waals surface area contributed by atoms with Crippen molar-refractivity contribution in [1.82, 2.24) is 9.29 Å². The molecule has 0 spiro atoms. The first-order valence-electron chi connectivity index (χ1n) is 5.66. The number of hydrogen-bond acceptors (Lipinski definition) is 5. The molecule has 0 aliphatic rings. The van der Waals surface area contributed by atoms with Crippen molar-refractivity contribution in [2.24, 2.45) is 12.8 Å². The lowest BCUT2D eigenvalue weighted by atomic mass is 10.3. The highest BCUT2D eigenvalue weighted by Crippen LogP contribution is 2.17. The molecule has 0 radical (unpaired) electrons. The smallest absolute Gasteiger partial charge is 0.408 e. The summed E-state index contributed by atoms with van der Waals surface area (Å²) in [6, 6.07) is 3.98. The molecule has 7 nitrogen and oxygen atoms in total. The number of sulfonamides is 1. The minimum Gasteiger partial charge on any atom is -0.408 e. The van der Waals surface area contributed by atoms with E-state index in [1.807, 2.05) is 0 Å². The minimum absolute atomic E-state index is 0.0370. The third kappa shape index (κ3) is 2.70. The number of aromatic nitrogens is 1. The number of nitrogens with one attached hydrogen (secondary N) is 1. The molecule has 1 unspecified atom stereocenters. The van der Waals surface area contributed by atoms with Crippen molar-refractivity contribution in [3.63, 3.8) is 0 Å². The number of oxazole rings is 1. The first kappa shape index (κ1) is 13.8. The first-order valence-corrected chi connectivity index (χ1v) is 7.14. The van der Waals surface area contributed by atoms with Gasteiger partial charge in [0, 0.05) is 25.7 Å². The second-order valence-corrected chi connectivity index (χ2v) is 6.15. The largest absolute Gasteiger partial charge is 0.419 e. The molecule has 3 N–H and O–H groups in total. The summed E-state index contributed by atoms with van der Waals surface area (Å²) in [6.45, 7) is 1.83. The predicted octanol–water partition coefficient (Wildman–Crippen LogP) is -0.243. The Kier molecular flexibility index (Phi) is 3.48. The molecule has 104 valence electrons. The second kappa shape index (κ2) is 4.80. The Morgan fingerprint density at radius 2 is 2.16 bits per heavy atom. The van der Waals surface area contributed by atoms with Gasteiger partial charge in [0.1, 0.15) is 0 Å². The van der Waals surface area contributed by atoms with Crippen LogP contribution < -0.4 is 16.2 Å². The molecular formula is C11H15N3O4S. The van der Waals surface area contributed by atoms with E-state index >= 15 is 0 Å². The molecule has 0 aliphatic heterocycles. The van der Waals surface area contributed by atoms with Crippen molar-refractivity contribution >= 4 is 21.1 Å². The van der Waals surface area contributed by atoms with Crippen LogP contribution in [0.5, 0.6) is 0 Å². The van der Waals surface area contributed by atoms with Crippen molar-refractivity contribution < 1.29 is 12.8 Å². The zero-order valence-electron chi connectivity index (χ0n) is 10.6. The van der Waals surface area contributed by atoms with Gasteiger partial charge in [0.25, 0.3) is 0 Å². The molecule has 0 saturated heterocycles. The molecule has 2 rings (SSSR count). The number of benzene rings is 1. The summed E-state index contributed by atoms with van der Waals surface area (Å²) in [4.78, 5) is 11.4. The van der Waals surface area contributed by atoms with Crippen LogP contribution in [0.4, 0.5) is 0 Å². The monoisotopic (exact) mass is 285 g/mol. The van der Waals surface area contributed by atoms with Crippen LogP contribution in [0.25, 0.3) is 11.1 Å². The van der Waals surface area contributed by atoms with E-state index < -0.39 is 15.8 Å². The van der Waals surface area contributed by atoms with Crippen LogP contribution in [0.2, 0.25) is 0 Å². The van der Waals surface area contributed by atoms with Crippen LogP contribution in [-0.4, -0.2) is 25.6 Å². The van der Waals surface area contributed by atoms with E-state index in [0.29, 0.717) is 5.52 Å². The Morgan fingerprint density at radius 3 is 2.79 bits per heavy atom. The van der Waals surface area contributed by atoms with E-state index in [0.717, 1.165) is 0 Å². The molecule has 1 aromatic heterocycles. The van der Waals surface area contributed by atoms with Crippen LogP contribution in [0.3, 0.4) is 0 Å². The van der Waals surface area contributed by atoms with E-state index in [1.54, 1.807) is 14.0 Å². The maximum atomic E-state index is 12.0. The lowest BCUT2D eigenvalue weighted by molar-refractivity contribution is 0.527. The molecular weight excluding hydrogens is 270 g/mol. The number of rotatable bonds is 4. The number of hydrogen-bond donors (Lipinski definition) is 2. The van der Waals surface area contributed by atoms with Gasteiger partial charge >= 0.3 is 5.76 Å². The van der Waals surface area contributed by atoms with Gasteiger partial charge in [-0.3, -0.25) is 4.57 Å². The maximum Gasteiger partial charge on any atom is 0.419 e. The van der Waals surface area contributed by atoms with Gasteiger partial charge in [-0.05, 0) is 19.1 Å². The lowest BCUT2D eigenvalue weighted by Gasteiger charge is -2.08.